The zero-order valence-corrected chi connectivity index (χ0v) is 13.8. The molecule has 0 saturated heterocycles. The maximum absolute atomic E-state index is 12.9. The third-order valence-electron chi connectivity index (χ3n) is 3.95. The maximum Gasteiger partial charge on any atom is 0.169 e. The molecule has 5 heteroatoms. The standard InChI is InChI=1S/C18H21FN4/c1-4-15-16(12-20)18(22-21-17(15)5-2)23(3)11-10-13-6-8-14(19)9-7-13/h6-9H,4-5,10-11H2,1-3H3. The lowest BCUT2D eigenvalue weighted by Gasteiger charge is -2.20. The van der Waals surface area contributed by atoms with Gasteiger partial charge in [0.2, 0.25) is 0 Å². The molecule has 0 aliphatic carbocycles. The number of hydrogen-bond acceptors (Lipinski definition) is 4. The van der Waals surface area contributed by atoms with Gasteiger partial charge in [-0.05, 0) is 42.5 Å². The van der Waals surface area contributed by atoms with Crippen molar-refractivity contribution in [2.45, 2.75) is 33.1 Å². The van der Waals surface area contributed by atoms with Crippen LogP contribution in [0.4, 0.5) is 10.2 Å². The van der Waals surface area contributed by atoms with Crippen molar-refractivity contribution in [2.75, 3.05) is 18.5 Å². The monoisotopic (exact) mass is 312 g/mol. The summed E-state index contributed by atoms with van der Waals surface area (Å²) < 4.78 is 12.9. The van der Waals surface area contributed by atoms with Crippen LogP contribution >= 0.6 is 0 Å². The van der Waals surface area contributed by atoms with Crippen LogP contribution in [-0.4, -0.2) is 23.8 Å². The number of nitrogens with zero attached hydrogens (tertiary/aromatic N) is 4. The molecule has 23 heavy (non-hydrogen) atoms. The molecule has 0 radical (unpaired) electrons. The van der Waals surface area contributed by atoms with Crippen molar-refractivity contribution in [1.82, 2.24) is 10.2 Å². The summed E-state index contributed by atoms with van der Waals surface area (Å²) in [6.07, 6.45) is 2.28. The Morgan fingerprint density at radius 3 is 2.39 bits per heavy atom. The lowest BCUT2D eigenvalue weighted by Crippen LogP contribution is -2.24. The van der Waals surface area contributed by atoms with E-state index in [0.29, 0.717) is 17.9 Å². The van der Waals surface area contributed by atoms with E-state index in [1.54, 1.807) is 12.1 Å². The molecule has 0 fully saturated rings. The number of benzene rings is 1. The van der Waals surface area contributed by atoms with Crippen LogP contribution in [0.2, 0.25) is 0 Å². The Balaban J connectivity index is 2.20. The van der Waals surface area contributed by atoms with Crippen molar-refractivity contribution in [1.29, 1.82) is 5.26 Å². The van der Waals surface area contributed by atoms with Crippen LogP contribution in [0, 0.1) is 17.1 Å². The fourth-order valence-electron chi connectivity index (χ4n) is 2.60. The van der Waals surface area contributed by atoms with Crippen molar-refractivity contribution < 1.29 is 4.39 Å². The van der Waals surface area contributed by atoms with Gasteiger partial charge in [0, 0.05) is 13.6 Å². The van der Waals surface area contributed by atoms with E-state index in [4.69, 9.17) is 0 Å². The molecule has 1 aromatic carbocycles. The first-order chi connectivity index (χ1) is 11.1. The molecule has 0 aliphatic heterocycles. The smallest absolute Gasteiger partial charge is 0.169 e. The first kappa shape index (κ1) is 16.9. The summed E-state index contributed by atoms with van der Waals surface area (Å²) in [5, 5.41) is 18.0. The van der Waals surface area contributed by atoms with E-state index in [-0.39, 0.29) is 5.82 Å². The SMILES string of the molecule is CCc1nnc(N(C)CCc2ccc(F)cc2)c(C#N)c1CC. The molecule has 0 bridgehead atoms. The van der Waals surface area contributed by atoms with E-state index < -0.39 is 0 Å². The zero-order chi connectivity index (χ0) is 16.8. The van der Waals surface area contributed by atoms with Crippen LogP contribution in [0.5, 0.6) is 0 Å². The molecule has 1 aromatic heterocycles. The molecule has 0 unspecified atom stereocenters. The average Bonchev–Trinajstić information content (AvgIpc) is 2.59. The Bertz CT molecular complexity index is 704. The van der Waals surface area contributed by atoms with Gasteiger partial charge in [-0.3, -0.25) is 0 Å². The Morgan fingerprint density at radius 2 is 1.83 bits per heavy atom. The first-order valence-electron chi connectivity index (χ1n) is 7.84. The number of hydrogen-bond donors (Lipinski definition) is 0. The molecular weight excluding hydrogens is 291 g/mol. The highest BCUT2D eigenvalue weighted by Crippen LogP contribution is 2.22. The topological polar surface area (TPSA) is 52.8 Å². The fourth-order valence-corrected chi connectivity index (χ4v) is 2.60. The quantitative estimate of drug-likeness (QED) is 0.821. The molecular formula is C18H21FN4. The summed E-state index contributed by atoms with van der Waals surface area (Å²) in [5.41, 5.74) is 3.53. The van der Waals surface area contributed by atoms with Gasteiger partial charge in [-0.25, -0.2) is 4.39 Å². The van der Waals surface area contributed by atoms with E-state index in [0.717, 1.165) is 36.1 Å². The van der Waals surface area contributed by atoms with Gasteiger partial charge >= 0.3 is 0 Å². The molecule has 1 heterocycles. The van der Waals surface area contributed by atoms with Gasteiger partial charge in [0.15, 0.2) is 5.82 Å². The zero-order valence-electron chi connectivity index (χ0n) is 13.8. The van der Waals surface area contributed by atoms with Crippen molar-refractivity contribution in [3.8, 4) is 6.07 Å². The van der Waals surface area contributed by atoms with Crippen LogP contribution in [0.15, 0.2) is 24.3 Å². The molecule has 0 atom stereocenters. The Morgan fingerprint density at radius 1 is 1.13 bits per heavy atom. The van der Waals surface area contributed by atoms with E-state index >= 15 is 0 Å². The normalized spacial score (nSPS) is 10.4. The summed E-state index contributed by atoms with van der Waals surface area (Å²) in [4.78, 5) is 1.94. The van der Waals surface area contributed by atoms with Gasteiger partial charge in [0.1, 0.15) is 17.4 Å². The largest absolute Gasteiger partial charge is 0.357 e. The summed E-state index contributed by atoms with van der Waals surface area (Å²) in [6.45, 7) is 4.73. The molecule has 0 N–H and O–H groups in total. The van der Waals surface area contributed by atoms with Crippen LogP contribution in [-0.2, 0) is 19.3 Å². The number of likely N-dealkylation sites (N-methyl/N-ethyl adjacent to an activating group) is 1. The van der Waals surface area contributed by atoms with Gasteiger partial charge in [-0.2, -0.15) is 10.4 Å². The number of aromatic nitrogens is 2. The van der Waals surface area contributed by atoms with Crippen LogP contribution in [0.1, 0.15) is 36.2 Å². The predicted octanol–water partition coefficient (Wildman–Crippen LogP) is 3.29. The second kappa shape index (κ2) is 7.68. The minimum absolute atomic E-state index is 0.234. The maximum atomic E-state index is 12.9. The second-order valence-electron chi connectivity index (χ2n) is 5.44. The molecule has 4 nitrogen and oxygen atoms in total. The third-order valence-corrected chi connectivity index (χ3v) is 3.95. The molecule has 0 spiro atoms. The Kier molecular flexibility index (Phi) is 5.64. The van der Waals surface area contributed by atoms with Crippen molar-refractivity contribution in [3.63, 3.8) is 0 Å². The van der Waals surface area contributed by atoms with E-state index in [9.17, 15) is 9.65 Å². The molecule has 2 aromatic rings. The lowest BCUT2D eigenvalue weighted by atomic mass is 10.0. The van der Waals surface area contributed by atoms with Gasteiger partial charge in [-0.15, -0.1) is 5.10 Å². The number of aryl methyl sites for hydroxylation is 1. The van der Waals surface area contributed by atoms with Crippen molar-refractivity contribution in [2.24, 2.45) is 0 Å². The summed E-state index contributed by atoms with van der Waals surface area (Å²) in [5.74, 6) is 0.381. The number of nitriles is 1. The minimum atomic E-state index is -0.234. The van der Waals surface area contributed by atoms with Crippen LogP contribution in [0.3, 0.4) is 0 Å². The van der Waals surface area contributed by atoms with Crippen LogP contribution in [0.25, 0.3) is 0 Å². The van der Waals surface area contributed by atoms with Gasteiger partial charge in [0.25, 0.3) is 0 Å². The van der Waals surface area contributed by atoms with Crippen LogP contribution < -0.4 is 4.90 Å². The summed E-state index contributed by atoms with van der Waals surface area (Å²) in [6, 6.07) is 8.75. The van der Waals surface area contributed by atoms with E-state index in [1.807, 2.05) is 25.8 Å². The Labute approximate surface area is 136 Å². The predicted molar refractivity (Wildman–Crippen MR) is 88.9 cm³/mol. The molecule has 0 amide bonds. The van der Waals surface area contributed by atoms with E-state index in [1.165, 1.54) is 12.1 Å². The Hall–Kier alpha value is -2.48. The van der Waals surface area contributed by atoms with Crippen molar-refractivity contribution >= 4 is 5.82 Å². The van der Waals surface area contributed by atoms with Gasteiger partial charge < -0.3 is 4.90 Å². The number of halogens is 1. The molecule has 120 valence electrons. The lowest BCUT2D eigenvalue weighted by molar-refractivity contribution is 0.627. The highest BCUT2D eigenvalue weighted by molar-refractivity contribution is 5.57. The molecule has 2 rings (SSSR count). The van der Waals surface area contributed by atoms with Gasteiger partial charge in [-0.1, -0.05) is 26.0 Å². The number of rotatable bonds is 6. The highest BCUT2D eigenvalue weighted by atomic mass is 19.1. The van der Waals surface area contributed by atoms with Crippen molar-refractivity contribution in [3.05, 3.63) is 52.5 Å². The third kappa shape index (κ3) is 3.84. The van der Waals surface area contributed by atoms with Gasteiger partial charge in [0.05, 0.1) is 5.69 Å². The first-order valence-corrected chi connectivity index (χ1v) is 7.84. The van der Waals surface area contributed by atoms with E-state index in [2.05, 4.69) is 16.3 Å². The molecule has 0 saturated carbocycles. The highest BCUT2D eigenvalue weighted by Gasteiger charge is 2.17. The number of anilines is 1. The molecule has 0 aliphatic rings. The average molecular weight is 312 g/mol. The fraction of sp³-hybridized carbons (Fsp3) is 0.389. The minimum Gasteiger partial charge on any atom is -0.357 e. The summed E-state index contributed by atoms with van der Waals surface area (Å²) >= 11 is 0. The second-order valence-corrected chi connectivity index (χ2v) is 5.44. The summed E-state index contributed by atoms with van der Waals surface area (Å²) in [7, 11) is 1.90.